The Kier molecular flexibility index (Phi) is 8.06. The highest BCUT2D eigenvalue weighted by molar-refractivity contribution is 7.93. The van der Waals surface area contributed by atoms with Crippen molar-refractivity contribution in [1.29, 1.82) is 0 Å². The summed E-state index contributed by atoms with van der Waals surface area (Å²) in [6, 6.07) is 1.19. The van der Waals surface area contributed by atoms with Gasteiger partial charge in [0.25, 0.3) is 0 Å². The monoisotopic (exact) mass is 536 g/mol. The molecule has 1 fully saturated rings. The largest absolute Gasteiger partial charge is 0.477 e. The summed E-state index contributed by atoms with van der Waals surface area (Å²) < 4.78 is 52.2. The standard InChI is InChI=1S/C22H25FN6O5S2/c1-3-34-19-11-24-10-17(26-19)13-8-16(23)20(25-9-13)28-21(30)15(6-7-33-2)18-12-35-22(27-18)29-36(31,32)14-4-5-14/h8-12,14-15H,3-7H2,1-2H3,(H,27,29)(H,25,28,30). The molecule has 0 bridgehead atoms. The number of ether oxygens (including phenoxy) is 2. The van der Waals surface area contributed by atoms with Gasteiger partial charge < -0.3 is 14.8 Å². The quantitative estimate of drug-likeness (QED) is 0.356. The third-order valence-electron chi connectivity index (χ3n) is 5.28. The minimum atomic E-state index is -3.48. The molecule has 1 saturated carbocycles. The summed E-state index contributed by atoms with van der Waals surface area (Å²) in [7, 11) is -1.99. The van der Waals surface area contributed by atoms with E-state index in [2.05, 4.69) is 30.0 Å². The summed E-state index contributed by atoms with van der Waals surface area (Å²) in [4.78, 5) is 29.7. The van der Waals surface area contributed by atoms with Crippen LogP contribution in [0, 0.1) is 5.82 Å². The lowest BCUT2D eigenvalue weighted by atomic mass is 10.0. The van der Waals surface area contributed by atoms with Gasteiger partial charge in [0.2, 0.25) is 21.8 Å². The molecule has 1 amide bonds. The van der Waals surface area contributed by atoms with Crippen LogP contribution in [0.1, 0.15) is 37.8 Å². The number of anilines is 2. The summed E-state index contributed by atoms with van der Waals surface area (Å²) in [5, 5.41) is 3.87. The molecule has 11 nitrogen and oxygen atoms in total. The lowest BCUT2D eigenvalue weighted by molar-refractivity contribution is -0.118. The number of rotatable bonds is 12. The Bertz CT molecular complexity index is 1330. The van der Waals surface area contributed by atoms with Crippen LogP contribution >= 0.6 is 11.3 Å². The number of pyridine rings is 1. The normalized spacial score (nSPS) is 14.3. The summed E-state index contributed by atoms with van der Waals surface area (Å²) in [5.74, 6) is -2.08. The smallest absolute Gasteiger partial charge is 0.237 e. The third kappa shape index (κ3) is 6.30. The molecule has 0 spiro atoms. The highest BCUT2D eigenvalue weighted by atomic mass is 32.2. The molecule has 2 N–H and O–H groups in total. The minimum Gasteiger partial charge on any atom is -0.477 e. The molecule has 0 aromatic carbocycles. The Labute approximate surface area is 211 Å². The number of hydrogen-bond acceptors (Lipinski definition) is 10. The minimum absolute atomic E-state index is 0.177. The van der Waals surface area contributed by atoms with E-state index in [-0.39, 0.29) is 24.0 Å². The number of sulfonamides is 1. The summed E-state index contributed by atoms with van der Waals surface area (Å²) in [6.45, 7) is 2.46. The van der Waals surface area contributed by atoms with Crippen molar-refractivity contribution in [2.45, 2.75) is 37.4 Å². The van der Waals surface area contributed by atoms with Gasteiger partial charge in [-0.25, -0.2) is 27.8 Å². The molecule has 0 aliphatic heterocycles. The van der Waals surface area contributed by atoms with Gasteiger partial charge in [0.1, 0.15) is 0 Å². The summed E-state index contributed by atoms with van der Waals surface area (Å²) >= 11 is 1.08. The average molecular weight is 537 g/mol. The van der Waals surface area contributed by atoms with Gasteiger partial charge >= 0.3 is 0 Å². The number of carbonyl (C=O) groups is 1. The van der Waals surface area contributed by atoms with Gasteiger partial charge in [-0.15, -0.1) is 11.3 Å². The molecule has 3 aromatic rings. The van der Waals surface area contributed by atoms with Crippen LogP contribution in [-0.2, 0) is 19.6 Å². The fourth-order valence-corrected chi connectivity index (χ4v) is 5.66. The first kappa shape index (κ1) is 25.9. The molecule has 1 unspecified atom stereocenters. The molecule has 1 aliphatic carbocycles. The predicted octanol–water partition coefficient (Wildman–Crippen LogP) is 3.20. The second kappa shape index (κ2) is 11.2. The van der Waals surface area contributed by atoms with Crippen molar-refractivity contribution in [3.8, 4) is 17.1 Å². The zero-order valence-corrected chi connectivity index (χ0v) is 21.2. The van der Waals surface area contributed by atoms with Crippen molar-refractivity contribution < 1.29 is 27.1 Å². The topological polar surface area (TPSA) is 145 Å². The van der Waals surface area contributed by atoms with E-state index >= 15 is 0 Å². The molecule has 1 aliphatic rings. The Morgan fingerprint density at radius 3 is 2.78 bits per heavy atom. The van der Waals surface area contributed by atoms with E-state index in [0.717, 1.165) is 11.3 Å². The zero-order chi connectivity index (χ0) is 25.7. The molecular formula is C22H25FN6O5S2. The highest BCUT2D eigenvalue weighted by Crippen LogP contribution is 2.32. The first-order chi connectivity index (χ1) is 17.3. The highest BCUT2D eigenvalue weighted by Gasteiger charge is 2.36. The maximum Gasteiger partial charge on any atom is 0.237 e. The van der Waals surface area contributed by atoms with Crippen LogP contribution in [0.3, 0.4) is 0 Å². The Hall–Kier alpha value is -3.23. The molecule has 1 atom stereocenters. The van der Waals surface area contributed by atoms with Crippen LogP contribution in [0.4, 0.5) is 15.3 Å². The van der Waals surface area contributed by atoms with E-state index in [9.17, 15) is 17.6 Å². The molecule has 36 heavy (non-hydrogen) atoms. The predicted molar refractivity (Wildman–Crippen MR) is 132 cm³/mol. The van der Waals surface area contributed by atoms with Crippen LogP contribution in [0.25, 0.3) is 11.3 Å². The first-order valence-corrected chi connectivity index (χ1v) is 13.6. The van der Waals surface area contributed by atoms with Gasteiger partial charge in [-0.1, -0.05) is 0 Å². The maximum atomic E-state index is 14.9. The van der Waals surface area contributed by atoms with Crippen LogP contribution < -0.4 is 14.8 Å². The molecule has 0 saturated heterocycles. The number of carbonyl (C=O) groups excluding carboxylic acids is 1. The van der Waals surface area contributed by atoms with E-state index in [1.54, 1.807) is 5.38 Å². The lowest BCUT2D eigenvalue weighted by Gasteiger charge is -2.15. The number of nitrogens with zero attached hydrogens (tertiary/aromatic N) is 4. The fraction of sp³-hybridized carbons (Fsp3) is 0.409. The van der Waals surface area contributed by atoms with E-state index in [0.29, 0.717) is 42.3 Å². The Morgan fingerprint density at radius 2 is 2.08 bits per heavy atom. The lowest BCUT2D eigenvalue weighted by Crippen LogP contribution is -2.24. The Morgan fingerprint density at radius 1 is 1.28 bits per heavy atom. The molecule has 3 aromatic heterocycles. The number of methoxy groups -OCH3 is 1. The van der Waals surface area contributed by atoms with E-state index < -0.39 is 32.9 Å². The fourth-order valence-electron chi connectivity index (χ4n) is 3.30. The van der Waals surface area contributed by atoms with E-state index in [1.807, 2.05) is 6.92 Å². The van der Waals surface area contributed by atoms with Gasteiger partial charge in [0, 0.05) is 30.9 Å². The summed E-state index contributed by atoms with van der Waals surface area (Å²) in [6.07, 6.45) is 5.76. The molecule has 4 rings (SSSR count). The average Bonchev–Trinajstić information content (AvgIpc) is 3.63. The number of hydrogen-bond donors (Lipinski definition) is 2. The summed E-state index contributed by atoms with van der Waals surface area (Å²) in [5.41, 5.74) is 1.08. The number of aromatic nitrogens is 4. The van der Waals surface area contributed by atoms with Gasteiger partial charge in [-0.05, 0) is 32.3 Å². The number of thiazole rings is 1. The third-order valence-corrected chi connectivity index (χ3v) is 8.01. The number of halogens is 1. The van der Waals surface area contributed by atoms with Gasteiger partial charge in [-0.3, -0.25) is 14.5 Å². The molecule has 192 valence electrons. The first-order valence-electron chi connectivity index (χ1n) is 11.2. The van der Waals surface area contributed by atoms with Crippen LogP contribution in [0.2, 0.25) is 0 Å². The number of amides is 1. The van der Waals surface area contributed by atoms with Crippen molar-refractivity contribution in [2.24, 2.45) is 0 Å². The van der Waals surface area contributed by atoms with Crippen molar-refractivity contribution >= 4 is 38.2 Å². The van der Waals surface area contributed by atoms with Crippen molar-refractivity contribution in [2.75, 3.05) is 30.4 Å². The van der Waals surface area contributed by atoms with Crippen LogP contribution in [0.5, 0.6) is 5.88 Å². The van der Waals surface area contributed by atoms with Gasteiger partial charge in [-0.2, -0.15) is 0 Å². The van der Waals surface area contributed by atoms with Crippen molar-refractivity contribution in [3.05, 3.63) is 41.5 Å². The molecular weight excluding hydrogens is 511 g/mol. The second-order valence-corrected chi connectivity index (χ2v) is 10.8. The van der Waals surface area contributed by atoms with Crippen molar-refractivity contribution in [3.63, 3.8) is 0 Å². The maximum absolute atomic E-state index is 14.9. The van der Waals surface area contributed by atoms with Crippen molar-refractivity contribution in [1.82, 2.24) is 19.9 Å². The molecule has 0 radical (unpaired) electrons. The Balaban J connectivity index is 1.50. The SMILES string of the molecule is CCOc1cncc(-c2cnc(NC(=O)C(CCOC)c3csc(NS(=O)(=O)C4CC4)n3)c(F)c2)n1. The second-order valence-electron chi connectivity index (χ2n) is 7.98. The van der Waals surface area contributed by atoms with E-state index in [4.69, 9.17) is 9.47 Å². The van der Waals surface area contributed by atoms with Crippen LogP contribution in [0.15, 0.2) is 30.0 Å². The number of nitrogens with one attached hydrogen (secondary N) is 2. The van der Waals surface area contributed by atoms with Crippen LogP contribution in [-0.4, -0.2) is 59.8 Å². The van der Waals surface area contributed by atoms with Gasteiger partial charge in [0.05, 0.1) is 41.6 Å². The van der Waals surface area contributed by atoms with E-state index in [1.165, 1.54) is 31.8 Å². The van der Waals surface area contributed by atoms with Gasteiger partial charge in [0.15, 0.2) is 16.8 Å². The molecule has 14 heteroatoms. The zero-order valence-electron chi connectivity index (χ0n) is 19.6. The molecule has 3 heterocycles.